The summed E-state index contributed by atoms with van der Waals surface area (Å²) < 4.78 is 0. The van der Waals surface area contributed by atoms with Crippen LogP contribution in [0.4, 0.5) is 5.69 Å². The summed E-state index contributed by atoms with van der Waals surface area (Å²) in [5.41, 5.74) is 16.4. The van der Waals surface area contributed by atoms with E-state index in [1.165, 1.54) is 0 Å². The molecule has 3 nitrogen and oxygen atoms in total. The molecule has 0 spiro atoms. The summed E-state index contributed by atoms with van der Waals surface area (Å²) in [7, 11) is 0. The van der Waals surface area contributed by atoms with E-state index in [0.717, 1.165) is 21.7 Å². The minimum Gasteiger partial charge on any atom is -0.399 e. The zero-order valence-electron chi connectivity index (χ0n) is 8.88. The molecule has 0 fully saturated rings. The molecule has 1 atom stereocenters. The van der Waals surface area contributed by atoms with Crippen molar-refractivity contribution >= 4 is 29.4 Å². The lowest BCUT2D eigenvalue weighted by atomic mass is 10.0. The first-order valence-corrected chi connectivity index (χ1v) is 5.59. The zero-order valence-corrected chi connectivity index (χ0v) is 10.5. The molecule has 0 aliphatic carbocycles. The van der Waals surface area contributed by atoms with Gasteiger partial charge in [0, 0.05) is 17.9 Å². The van der Waals surface area contributed by atoms with E-state index < -0.39 is 0 Å². The molecular weight excluding hydrogens is 242 g/mol. The number of nitrogen functional groups attached to an aromatic ring is 1. The van der Waals surface area contributed by atoms with E-state index in [9.17, 15) is 0 Å². The highest BCUT2D eigenvalue weighted by Gasteiger charge is 2.05. The fraction of sp³-hybridized carbons (Fsp3) is 0.182. The van der Waals surface area contributed by atoms with Gasteiger partial charge in [-0.15, -0.1) is 23.7 Å². The van der Waals surface area contributed by atoms with Crippen molar-refractivity contribution in [3.8, 4) is 10.4 Å². The maximum Gasteiger partial charge on any atom is 0.0797 e. The number of aromatic nitrogens is 1. The quantitative estimate of drug-likeness (QED) is 0.811. The van der Waals surface area contributed by atoms with Gasteiger partial charge >= 0.3 is 0 Å². The lowest BCUT2D eigenvalue weighted by molar-refractivity contribution is 0.819. The Balaban J connectivity index is 0.00000128. The van der Waals surface area contributed by atoms with E-state index >= 15 is 0 Å². The number of halogens is 1. The van der Waals surface area contributed by atoms with E-state index in [1.54, 1.807) is 11.3 Å². The van der Waals surface area contributed by atoms with Gasteiger partial charge < -0.3 is 11.5 Å². The lowest BCUT2D eigenvalue weighted by Crippen LogP contribution is -2.05. The first-order valence-electron chi connectivity index (χ1n) is 4.71. The lowest BCUT2D eigenvalue weighted by Gasteiger charge is -2.08. The van der Waals surface area contributed by atoms with Crippen LogP contribution < -0.4 is 11.5 Å². The summed E-state index contributed by atoms with van der Waals surface area (Å²) in [6.07, 6.45) is 1.84. The van der Waals surface area contributed by atoms with Gasteiger partial charge in [-0.2, -0.15) is 0 Å². The monoisotopic (exact) mass is 255 g/mol. The van der Waals surface area contributed by atoms with Gasteiger partial charge in [-0.3, -0.25) is 4.98 Å². The predicted octanol–water partition coefficient (Wildman–Crippen LogP) is 2.83. The van der Waals surface area contributed by atoms with Gasteiger partial charge in [-0.25, -0.2) is 0 Å². The van der Waals surface area contributed by atoms with E-state index in [4.69, 9.17) is 11.5 Å². The third-order valence-corrected chi connectivity index (χ3v) is 3.04. The van der Waals surface area contributed by atoms with Gasteiger partial charge in [-0.05, 0) is 36.2 Å². The Labute approximate surface area is 105 Å². The molecule has 4 N–H and O–H groups in total. The Morgan fingerprint density at radius 3 is 2.62 bits per heavy atom. The van der Waals surface area contributed by atoms with Crippen LogP contribution in [0.15, 0.2) is 29.9 Å². The van der Waals surface area contributed by atoms with Gasteiger partial charge in [0.1, 0.15) is 0 Å². The average molecular weight is 256 g/mol. The fourth-order valence-corrected chi connectivity index (χ4v) is 2.05. The first-order chi connectivity index (χ1) is 7.16. The van der Waals surface area contributed by atoms with Crippen LogP contribution in [-0.2, 0) is 0 Å². The van der Waals surface area contributed by atoms with Crippen LogP contribution in [0.25, 0.3) is 10.4 Å². The smallest absolute Gasteiger partial charge is 0.0797 e. The highest BCUT2D eigenvalue weighted by Crippen LogP contribution is 2.28. The van der Waals surface area contributed by atoms with Gasteiger partial charge in [0.05, 0.1) is 10.4 Å². The third-order valence-electron chi connectivity index (χ3n) is 2.22. The summed E-state index contributed by atoms with van der Waals surface area (Å²) in [5, 5.41) is 0. The van der Waals surface area contributed by atoms with E-state index in [0.29, 0.717) is 0 Å². The van der Waals surface area contributed by atoms with Crippen molar-refractivity contribution < 1.29 is 0 Å². The van der Waals surface area contributed by atoms with Crippen LogP contribution in [0, 0.1) is 0 Å². The minimum atomic E-state index is 0. The van der Waals surface area contributed by atoms with Crippen molar-refractivity contribution in [2.75, 3.05) is 5.73 Å². The number of benzene rings is 1. The summed E-state index contributed by atoms with van der Waals surface area (Å²) in [5.74, 6) is 0. The number of rotatable bonds is 2. The Hall–Kier alpha value is -1.10. The largest absolute Gasteiger partial charge is 0.399 e. The van der Waals surface area contributed by atoms with Crippen LogP contribution in [0.5, 0.6) is 0 Å². The molecule has 0 aliphatic rings. The number of thiazole rings is 1. The molecule has 0 amide bonds. The summed E-state index contributed by atoms with van der Waals surface area (Å²) in [4.78, 5) is 5.16. The molecule has 0 saturated carbocycles. The van der Waals surface area contributed by atoms with Crippen LogP contribution in [0.2, 0.25) is 0 Å². The molecule has 0 radical (unpaired) electrons. The van der Waals surface area contributed by atoms with Crippen molar-refractivity contribution in [1.29, 1.82) is 0 Å². The van der Waals surface area contributed by atoms with E-state index in [1.807, 2.05) is 30.8 Å². The second-order valence-corrected chi connectivity index (χ2v) is 4.43. The highest BCUT2D eigenvalue weighted by atomic mass is 35.5. The summed E-state index contributed by atoms with van der Waals surface area (Å²) >= 11 is 1.60. The third kappa shape index (κ3) is 2.72. The topological polar surface area (TPSA) is 64.9 Å². The molecule has 1 aromatic carbocycles. The number of nitrogens with two attached hydrogens (primary N) is 2. The SMILES string of the molecule is CC(N)c1cc(N)cc(-c2cncs2)c1.Cl. The molecule has 2 rings (SSSR count). The van der Waals surface area contributed by atoms with Gasteiger partial charge in [0.25, 0.3) is 0 Å². The number of hydrogen-bond acceptors (Lipinski definition) is 4. The predicted molar refractivity (Wildman–Crippen MR) is 71.8 cm³/mol. The first kappa shape index (κ1) is 13.0. The maximum absolute atomic E-state index is 5.84. The molecule has 86 valence electrons. The molecule has 1 heterocycles. The molecular formula is C11H14ClN3S. The van der Waals surface area contributed by atoms with Gasteiger partial charge in [-0.1, -0.05) is 0 Å². The normalized spacial score (nSPS) is 11.9. The summed E-state index contributed by atoms with van der Waals surface area (Å²) in [6, 6.07) is 5.92. The molecule has 16 heavy (non-hydrogen) atoms. The second kappa shape index (κ2) is 5.30. The van der Waals surface area contributed by atoms with Crippen molar-refractivity contribution in [3.63, 3.8) is 0 Å². The molecule has 1 unspecified atom stereocenters. The summed E-state index contributed by atoms with van der Waals surface area (Å²) in [6.45, 7) is 1.95. The van der Waals surface area contributed by atoms with Crippen molar-refractivity contribution in [2.45, 2.75) is 13.0 Å². The molecule has 0 saturated heterocycles. The molecule has 0 bridgehead atoms. The second-order valence-electron chi connectivity index (χ2n) is 3.54. The van der Waals surface area contributed by atoms with E-state index in [2.05, 4.69) is 11.1 Å². The fourth-order valence-electron chi connectivity index (χ4n) is 1.44. The van der Waals surface area contributed by atoms with Gasteiger partial charge in [0.2, 0.25) is 0 Å². The Kier molecular flexibility index (Phi) is 4.29. The average Bonchev–Trinajstić information content (AvgIpc) is 2.69. The molecule has 2 aromatic rings. The molecule has 1 aromatic heterocycles. The molecule has 0 aliphatic heterocycles. The Morgan fingerprint density at radius 1 is 1.31 bits per heavy atom. The number of anilines is 1. The van der Waals surface area contributed by atoms with Crippen LogP contribution >= 0.6 is 23.7 Å². The van der Waals surface area contributed by atoms with Crippen molar-refractivity contribution in [3.05, 3.63) is 35.5 Å². The zero-order chi connectivity index (χ0) is 10.8. The highest BCUT2D eigenvalue weighted by molar-refractivity contribution is 7.13. The van der Waals surface area contributed by atoms with E-state index in [-0.39, 0.29) is 18.4 Å². The minimum absolute atomic E-state index is 0. The van der Waals surface area contributed by atoms with Crippen molar-refractivity contribution in [2.24, 2.45) is 5.73 Å². The van der Waals surface area contributed by atoms with Gasteiger partial charge in [0.15, 0.2) is 0 Å². The number of nitrogens with zero attached hydrogens (tertiary/aromatic N) is 1. The van der Waals surface area contributed by atoms with Crippen molar-refractivity contribution in [1.82, 2.24) is 4.98 Å². The maximum atomic E-state index is 5.84. The van der Waals surface area contributed by atoms with Crippen LogP contribution in [0.1, 0.15) is 18.5 Å². The Bertz CT molecular complexity index is 454. The molecule has 5 heteroatoms. The van der Waals surface area contributed by atoms with Crippen LogP contribution in [-0.4, -0.2) is 4.98 Å². The van der Waals surface area contributed by atoms with Crippen LogP contribution in [0.3, 0.4) is 0 Å². The standard InChI is InChI=1S/C11H13N3S.ClH/c1-7(12)8-2-9(4-10(13)3-8)11-5-14-6-15-11;/h2-7H,12-13H2,1H3;1H. The number of hydrogen-bond donors (Lipinski definition) is 2. The Morgan fingerprint density at radius 2 is 2.06 bits per heavy atom.